The van der Waals surface area contributed by atoms with Crippen molar-refractivity contribution in [2.24, 2.45) is 0 Å². The van der Waals surface area contributed by atoms with Crippen LogP contribution in [0.5, 0.6) is 0 Å². The van der Waals surface area contributed by atoms with E-state index in [2.05, 4.69) is 0 Å². The Morgan fingerprint density at radius 2 is 1.79 bits per heavy atom. The van der Waals surface area contributed by atoms with Gasteiger partial charge in [-0.05, 0) is 18.1 Å². The van der Waals surface area contributed by atoms with Crippen molar-refractivity contribution in [3.05, 3.63) is 41.3 Å². The summed E-state index contributed by atoms with van der Waals surface area (Å²) in [7, 11) is -4.03. The van der Waals surface area contributed by atoms with Crippen LogP contribution >= 0.6 is 0 Å². The fourth-order valence-corrected chi connectivity index (χ4v) is 1.58. The molecule has 0 spiro atoms. The molecule has 72 valence electrons. The molecule has 1 N–H and O–H groups in total. The van der Waals surface area contributed by atoms with Gasteiger partial charge in [-0.15, -0.1) is 0 Å². The molecule has 5 heteroatoms. The van der Waals surface area contributed by atoms with E-state index in [4.69, 9.17) is 4.55 Å². The summed E-state index contributed by atoms with van der Waals surface area (Å²) in [6.07, 6.45) is 0. The Bertz CT molecular complexity index is 409. The number of hydrogen-bond acceptors (Lipinski definition) is 2. The van der Waals surface area contributed by atoms with Gasteiger partial charge in [-0.2, -0.15) is 8.42 Å². The topological polar surface area (TPSA) is 54.4 Å². The molecule has 0 amide bonds. The minimum absolute atomic E-state index is 0. The van der Waals surface area contributed by atoms with Crippen molar-refractivity contribution in [3.8, 4) is 0 Å². The Morgan fingerprint density at radius 3 is 2.21 bits per heavy atom. The molecular weight excluding hydrogens is 274 g/mol. The van der Waals surface area contributed by atoms with Crippen LogP contribution in [0.15, 0.2) is 35.7 Å². The predicted octanol–water partition coefficient (Wildman–Crippen LogP) is 1.29. The second-order valence-electron chi connectivity index (χ2n) is 2.68. The maximum absolute atomic E-state index is 10.5. The van der Waals surface area contributed by atoms with Crippen molar-refractivity contribution in [2.75, 3.05) is 0 Å². The fraction of sp³-hybridized carbons (Fsp3) is 0.111. The fourth-order valence-electron chi connectivity index (χ4n) is 0.992. The second kappa shape index (κ2) is 6.30. The average molecular weight is 285 g/mol. The number of rotatable bonds is 2. The SMILES string of the molecule is CC(=CS(=O)(=O)O)c1ccccc1.[RbH]. The third kappa shape index (κ3) is 5.53. The van der Waals surface area contributed by atoms with Crippen molar-refractivity contribution in [3.63, 3.8) is 0 Å². The Hall–Kier alpha value is 0.675. The summed E-state index contributed by atoms with van der Waals surface area (Å²) in [6.45, 7) is 1.63. The van der Waals surface area contributed by atoms with Crippen molar-refractivity contribution in [2.45, 2.75) is 6.92 Å². The Morgan fingerprint density at radius 1 is 1.29 bits per heavy atom. The molecule has 0 heterocycles. The summed E-state index contributed by atoms with van der Waals surface area (Å²) in [5.41, 5.74) is 1.29. The molecule has 0 radical (unpaired) electrons. The van der Waals surface area contributed by atoms with Gasteiger partial charge >= 0.3 is 58.2 Å². The first-order valence-corrected chi connectivity index (χ1v) is 5.20. The first kappa shape index (κ1) is 14.7. The molecule has 1 rings (SSSR count). The molecule has 0 unspecified atom stereocenters. The van der Waals surface area contributed by atoms with E-state index in [0.717, 1.165) is 11.0 Å². The minimum atomic E-state index is -4.03. The summed E-state index contributed by atoms with van der Waals surface area (Å²) in [6, 6.07) is 8.99. The molecule has 0 aliphatic heterocycles. The first-order valence-electron chi connectivity index (χ1n) is 3.70. The van der Waals surface area contributed by atoms with Crippen LogP contribution in [0.25, 0.3) is 5.57 Å². The summed E-state index contributed by atoms with van der Waals surface area (Å²) >= 11 is 0. The molecule has 3 nitrogen and oxygen atoms in total. The van der Waals surface area contributed by atoms with Crippen LogP contribution < -0.4 is 0 Å². The normalized spacial score (nSPS) is 12.0. The first-order chi connectivity index (χ1) is 5.99. The van der Waals surface area contributed by atoms with Gasteiger partial charge in [0, 0.05) is 0 Å². The Balaban J connectivity index is 0.00000169. The molecule has 0 atom stereocenters. The van der Waals surface area contributed by atoms with Crippen molar-refractivity contribution < 1.29 is 13.0 Å². The van der Waals surface area contributed by atoms with E-state index >= 15 is 0 Å². The molecule has 0 bridgehead atoms. The molecule has 0 aliphatic carbocycles. The summed E-state index contributed by atoms with van der Waals surface area (Å²) in [4.78, 5) is 0. The molecule has 14 heavy (non-hydrogen) atoms. The van der Waals surface area contributed by atoms with Crippen LogP contribution in [0, 0.1) is 0 Å². The second-order valence-corrected chi connectivity index (χ2v) is 3.95. The van der Waals surface area contributed by atoms with E-state index in [1.165, 1.54) is 0 Å². The van der Waals surface area contributed by atoms with Gasteiger partial charge in [0.1, 0.15) is 0 Å². The molecule has 0 fully saturated rings. The monoisotopic (exact) mass is 284 g/mol. The van der Waals surface area contributed by atoms with E-state index in [9.17, 15) is 8.42 Å². The van der Waals surface area contributed by atoms with E-state index < -0.39 is 10.1 Å². The van der Waals surface area contributed by atoms with Gasteiger partial charge in [-0.25, -0.2) is 0 Å². The van der Waals surface area contributed by atoms with Crippen LogP contribution in [0.4, 0.5) is 0 Å². The van der Waals surface area contributed by atoms with Gasteiger partial charge in [0.15, 0.2) is 0 Å². The quantitative estimate of drug-likeness (QED) is 0.833. The van der Waals surface area contributed by atoms with Gasteiger partial charge in [0.25, 0.3) is 10.1 Å². The zero-order valence-electron chi connectivity index (χ0n) is 7.14. The van der Waals surface area contributed by atoms with Crippen LogP contribution in [-0.4, -0.2) is 71.2 Å². The van der Waals surface area contributed by atoms with Crippen molar-refractivity contribution in [1.29, 1.82) is 0 Å². The molecule has 0 saturated heterocycles. The van der Waals surface area contributed by atoms with Crippen LogP contribution in [-0.2, 0) is 10.1 Å². The predicted molar refractivity (Wildman–Crippen MR) is 58.8 cm³/mol. The van der Waals surface area contributed by atoms with Crippen LogP contribution in [0.1, 0.15) is 12.5 Å². The van der Waals surface area contributed by atoms with Gasteiger partial charge in [0.05, 0.1) is 5.41 Å². The third-order valence-corrected chi connectivity index (χ3v) is 2.21. The van der Waals surface area contributed by atoms with Crippen LogP contribution in [0.2, 0.25) is 0 Å². The summed E-state index contributed by atoms with van der Waals surface area (Å²) in [5.74, 6) is 0. The number of allylic oxidation sites excluding steroid dienone is 1. The molecule has 1 aromatic rings. The van der Waals surface area contributed by atoms with Crippen molar-refractivity contribution in [1.82, 2.24) is 0 Å². The average Bonchev–Trinajstić information content (AvgIpc) is 2.03. The zero-order valence-corrected chi connectivity index (χ0v) is 7.95. The maximum atomic E-state index is 10.5. The molecule has 0 saturated carbocycles. The standard InChI is InChI=1S/C9H10O3S.Rb.H/c1-8(7-13(10,11)12)9-5-3-2-4-6-9;;/h2-7H,1H3,(H,10,11,12);;. The third-order valence-electron chi connectivity index (χ3n) is 1.55. The van der Waals surface area contributed by atoms with Gasteiger partial charge < -0.3 is 0 Å². The molecule has 0 aliphatic rings. The van der Waals surface area contributed by atoms with Crippen LogP contribution in [0.3, 0.4) is 0 Å². The zero-order chi connectivity index (χ0) is 9.90. The van der Waals surface area contributed by atoms with E-state index in [-0.39, 0.29) is 58.2 Å². The van der Waals surface area contributed by atoms with E-state index in [0.29, 0.717) is 5.57 Å². The van der Waals surface area contributed by atoms with E-state index in [1.54, 1.807) is 31.2 Å². The summed E-state index contributed by atoms with van der Waals surface area (Å²) in [5, 5.41) is 0.836. The van der Waals surface area contributed by atoms with Crippen molar-refractivity contribution >= 4 is 73.9 Å². The number of hydrogen-bond donors (Lipinski definition) is 1. The summed E-state index contributed by atoms with van der Waals surface area (Å²) < 4.78 is 29.5. The van der Waals surface area contributed by atoms with E-state index in [1.807, 2.05) is 6.07 Å². The number of benzene rings is 1. The molecule has 1 aromatic carbocycles. The Kier molecular flexibility index (Phi) is 6.60. The Labute approximate surface area is 133 Å². The molecular formula is C9H11O3RbS. The van der Waals surface area contributed by atoms with Gasteiger partial charge in [-0.3, -0.25) is 4.55 Å². The molecule has 0 aromatic heterocycles. The van der Waals surface area contributed by atoms with Gasteiger partial charge in [-0.1, -0.05) is 30.3 Å². The van der Waals surface area contributed by atoms with Gasteiger partial charge in [0.2, 0.25) is 0 Å².